The average molecular weight is 268 g/mol. The Bertz CT molecular complexity index is 667. The number of nitrogens with zero attached hydrogens (tertiary/aromatic N) is 1. The van der Waals surface area contributed by atoms with E-state index in [1.54, 1.807) is 11.0 Å². The number of hydrogen-bond donors (Lipinski definition) is 1. The smallest absolute Gasteiger partial charge is 0.260 e. The molecule has 0 fully saturated rings. The van der Waals surface area contributed by atoms with Gasteiger partial charge in [-0.3, -0.25) is 4.79 Å². The lowest BCUT2D eigenvalue weighted by molar-refractivity contribution is 0.0977. The number of carbonyl (C=O) groups is 1. The molecule has 0 unspecified atom stereocenters. The fourth-order valence-corrected chi connectivity index (χ4v) is 2.39. The number of amides is 1. The lowest BCUT2D eigenvalue weighted by Gasteiger charge is -2.29. The molecule has 4 nitrogen and oxygen atoms in total. The maximum atomic E-state index is 12.7. The molecule has 0 aliphatic carbocycles. The van der Waals surface area contributed by atoms with Crippen LogP contribution in [-0.2, 0) is 0 Å². The highest BCUT2D eigenvalue weighted by atomic mass is 16.5. The molecule has 1 amide bonds. The Morgan fingerprint density at radius 3 is 2.85 bits per heavy atom. The number of nitrogens with two attached hydrogens (primary N) is 1. The van der Waals surface area contributed by atoms with E-state index in [1.807, 2.05) is 43.3 Å². The summed E-state index contributed by atoms with van der Waals surface area (Å²) in [5, 5.41) is 0. The van der Waals surface area contributed by atoms with Crippen molar-refractivity contribution in [3.05, 3.63) is 53.6 Å². The summed E-state index contributed by atoms with van der Waals surface area (Å²) in [5.74, 6) is 0.653. The number of hydrogen-bond acceptors (Lipinski definition) is 3. The first-order valence-electron chi connectivity index (χ1n) is 6.57. The fraction of sp³-hybridized carbons (Fsp3) is 0.188. The van der Waals surface area contributed by atoms with Crippen LogP contribution in [-0.4, -0.2) is 19.1 Å². The summed E-state index contributed by atoms with van der Waals surface area (Å²) in [6.07, 6.45) is 0. The van der Waals surface area contributed by atoms with Crippen molar-refractivity contribution in [3.8, 4) is 5.75 Å². The summed E-state index contributed by atoms with van der Waals surface area (Å²) in [6.45, 7) is 2.93. The summed E-state index contributed by atoms with van der Waals surface area (Å²) in [5.41, 5.74) is 8.83. The first kappa shape index (κ1) is 12.5. The number of anilines is 2. The van der Waals surface area contributed by atoms with Gasteiger partial charge in [-0.1, -0.05) is 24.3 Å². The van der Waals surface area contributed by atoms with Crippen molar-refractivity contribution < 1.29 is 9.53 Å². The van der Waals surface area contributed by atoms with Gasteiger partial charge in [-0.2, -0.15) is 0 Å². The molecule has 0 atom stereocenters. The Kier molecular flexibility index (Phi) is 3.06. The molecule has 2 aromatic carbocycles. The number of fused-ring (bicyclic) bond motifs is 1. The molecule has 102 valence electrons. The molecule has 0 saturated heterocycles. The maximum absolute atomic E-state index is 12.7. The van der Waals surface area contributed by atoms with E-state index in [4.69, 9.17) is 10.5 Å². The van der Waals surface area contributed by atoms with Crippen molar-refractivity contribution in [3.63, 3.8) is 0 Å². The Labute approximate surface area is 117 Å². The Hall–Kier alpha value is -2.49. The van der Waals surface area contributed by atoms with E-state index in [2.05, 4.69) is 0 Å². The fourth-order valence-electron chi connectivity index (χ4n) is 2.39. The van der Waals surface area contributed by atoms with Gasteiger partial charge in [-0.25, -0.2) is 0 Å². The van der Waals surface area contributed by atoms with Gasteiger partial charge in [0.25, 0.3) is 5.91 Å². The van der Waals surface area contributed by atoms with Crippen LogP contribution in [0.15, 0.2) is 42.5 Å². The average Bonchev–Trinajstić information content (AvgIpc) is 2.49. The zero-order chi connectivity index (χ0) is 14.1. The monoisotopic (exact) mass is 268 g/mol. The molecule has 0 spiro atoms. The molecule has 4 heteroatoms. The molecule has 1 aliphatic rings. The number of para-hydroxylation sites is 3. The second-order valence-corrected chi connectivity index (χ2v) is 4.81. The van der Waals surface area contributed by atoms with Crippen molar-refractivity contribution >= 4 is 17.3 Å². The Morgan fingerprint density at radius 1 is 1.20 bits per heavy atom. The minimum Gasteiger partial charge on any atom is -0.490 e. The summed E-state index contributed by atoms with van der Waals surface area (Å²) in [7, 11) is 0. The summed E-state index contributed by atoms with van der Waals surface area (Å²) >= 11 is 0. The molecule has 2 N–H and O–H groups in total. The second-order valence-electron chi connectivity index (χ2n) is 4.81. The van der Waals surface area contributed by atoms with Gasteiger partial charge in [0.1, 0.15) is 12.4 Å². The predicted molar refractivity (Wildman–Crippen MR) is 79.2 cm³/mol. The third-order valence-electron chi connectivity index (χ3n) is 3.53. The van der Waals surface area contributed by atoms with Crippen LogP contribution in [0.3, 0.4) is 0 Å². The van der Waals surface area contributed by atoms with E-state index in [0.717, 1.165) is 17.0 Å². The zero-order valence-electron chi connectivity index (χ0n) is 11.3. The normalized spacial score (nSPS) is 13.6. The number of benzene rings is 2. The van der Waals surface area contributed by atoms with E-state index in [1.165, 1.54) is 0 Å². The van der Waals surface area contributed by atoms with Crippen LogP contribution in [0.25, 0.3) is 0 Å². The van der Waals surface area contributed by atoms with Gasteiger partial charge in [0.15, 0.2) is 0 Å². The van der Waals surface area contributed by atoms with Gasteiger partial charge in [-0.05, 0) is 30.7 Å². The van der Waals surface area contributed by atoms with Crippen molar-refractivity contribution in [1.82, 2.24) is 0 Å². The van der Waals surface area contributed by atoms with Crippen LogP contribution >= 0.6 is 0 Å². The van der Waals surface area contributed by atoms with Crippen LogP contribution in [0.2, 0.25) is 0 Å². The second kappa shape index (κ2) is 4.89. The molecular weight excluding hydrogens is 252 g/mol. The van der Waals surface area contributed by atoms with Crippen molar-refractivity contribution in [2.24, 2.45) is 0 Å². The molecular formula is C16H16N2O2. The first-order valence-corrected chi connectivity index (χ1v) is 6.57. The van der Waals surface area contributed by atoms with Crippen LogP contribution < -0.4 is 15.4 Å². The van der Waals surface area contributed by atoms with Gasteiger partial charge in [0.05, 0.1) is 17.8 Å². The lowest BCUT2D eigenvalue weighted by atomic mass is 10.1. The molecule has 2 aromatic rings. The molecule has 3 rings (SSSR count). The van der Waals surface area contributed by atoms with E-state index in [9.17, 15) is 4.79 Å². The zero-order valence-corrected chi connectivity index (χ0v) is 11.3. The van der Waals surface area contributed by atoms with Crippen LogP contribution in [0.5, 0.6) is 5.75 Å². The molecule has 20 heavy (non-hydrogen) atoms. The van der Waals surface area contributed by atoms with Gasteiger partial charge >= 0.3 is 0 Å². The first-order chi connectivity index (χ1) is 9.68. The number of nitrogen functional groups attached to an aromatic ring is 1. The Balaban J connectivity index is 2.02. The minimum absolute atomic E-state index is 0.0815. The third-order valence-corrected chi connectivity index (χ3v) is 3.53. The van der Waals surface area contributed by atoms with Crippen molar-refractivity contribution in [2.75, 3.05) is 23.8 Å². The Morgan fingerprint density at radius 2 is 2.00 bits per heavy atom. The summed E-state index contributed by atoms with van der Waals surface area (Å²) in [4.78, 5) is 14.5. The minimum atomic E-state index is -0.0815. The van der Waals surface area contributed by atoms with Crippen LogP contribution in [0.1, 0.15) is 15.9 Å². The summed E-state index contributed by atoms with van der Waals surface area (Å²) in [6, 6.07) is 13.1. The molecule has 1 heterocycles. The molecule has 1 aliphatic heterocycles. The predicted octanol–water partition coefficient (Wildman–Crippen LogP) is 2.62. The van der Waals surface area contributed by atoms with E-state index >= 15 is 0 Å². The third kappa shape index (κ3) is 1.99. The van der Waals surface area contributed by atoms with Gasteiger partial charge in [0.2, 0.25) is 0 Å². The molecule has 0 radical (unpaired) electrons. The van der Waals surface area contributed by atoms with E-state index < -0.39 is 0 Å². The number of aryl methyl sites for hydroxylation is 1. The van der Waals surface area contributed by atoms with Gasteiger partial charge in [0, 0.05) is 5.69 Å². The SMILES string of the molecule is Cc1cccc(C(=O)N2CCOc3ccccc32)c1N. The topological polar surface area (TPSA) is 55.6 Å². The van der Waals surface area contributed by atoms with Crippen LogP contribution in [0, 0.1) is 6.92 Å². The van der Waals surface area contributed by atoms with E-state index in [0.29, 0.717) is 24.4 Å². The lowest BCUT2D eigenvalue weighted by Crippen LogP contribution is -2.38. The van der Waals surface area contributed by atoms with Crippen molar-refractivity contribution in [2.45, 2.75) is 6.92 Å². The molecule has 0 aromatic heterocycles. The highest BCUT2D eigenvalue weighted by Crippen LogP contribution is 2.32. The highest BCUT2D eigenvalue weighted by Gasteiger charge is 2.25. The van der Waals surface area contributed by atoms with Gasteiger partial charge in [-0.15, -0.1) is 0 Å². The summed E-state index contributed by atoms with van der Waals surface area (Å²) < 4.78 is 5.57. The van der Waals surface area contributed by atoms with E-state index in [-0.39, 0.29) is 5.91 Å². The largest absolute Gasteiger partial charge is 0.490 e. The van der Waals surface area contributed by atoms with Crippen molar-refractivity contribution in [1.29, 1.82) is 0 Å². The number of ether oxygens (including phenoxy) is 1. The quantitative estimate of drug-likeness (QED) is 0.809. The number of carbonyl (C=O) groups excluding carboxylic acids is 1. The van der Waals surface area contributed by atoms with Crippen LogP contribution in [0.4, 0.5) is 11.4 Å². The molecule has 0 bridgehead atoms. The highest BCUT2D eigenvalue weighted by molar-refractivity contribution is 6.10. The maximum Gasteiger partial charge on any atom is 0.260 e. The standard InChI is InChI=1S/C16H16N2O2/c1-11-5-4-6-12(15(11)17)16(19)18-9-10-20-14-8-3-2-7-13(14)18/h2-8H,9-10,17H2,1H3. The molecule has 0 saturated carbocycles. The van der Waals surface area contributed by atoms with Gasteiger partial charge < -0.3 is 15.4 Å². The number of rotatable bonds is 1.